The van der Waals surface area contributed by atoms with Gasteiger partial charge in [0.2, 0.25) is 0 Å². The fourth-order valence-corrected chi connectivity index (χ4v) is 8.26. The van der Waals surface area contributed by atoms with E-state index in [1.54, 1.807) is 0 Å². The Kier molecular flexibility index (Phi) is 7.12. The summed E-state index contributed by atoms with van der Waals surface area (Å²) < 4.78 is 5.28. The Morgan fingerprint density at radius 3 is 0.842 bits per heavy atom. The molecular weight excluding hydrogens is 924 g/mol. The molecule has 4 nitrogen and oxygen atoms in total. The van der Waals surface area contributed by atoms with Gasteiger partial charge in [0.15, 0.2) is 0 Å². The SMILES string of the molecule is Ic1ccc2c(c1)CN1CN2Cc2cc(I)ccc21.Ic1ccc2c(c1)CN1CN2Cc2cc(I)ccc21. The van der Waals surface area contributed by atoms with E-state index in [-0.39, 0.29) is 0 Å². The molecule has 0 saturated heterocycles. The first-order valence-electron chi connectivity index (χ1n) is 12.5. The quantitative estimate of drug-likeness (QED) is 0.165. The van der Waals surface area contributed by atoms with Crippen LogP contribution in [-0.4, -0.2) is 13.3 Å². The lowest BCUT2D eigenvalue weighted by Gasteiger charge is -2.44. The lowest BCUT2D eigenvalue weighted by Crippen LogP contribution is -2.46. The average molecular weight is 948 g/mol. The van der Waals surface area contributed by atoms with Gasteiger partial charge in [-0.2, -0.15) is 0 Å². The van der Waals surface area contributed by atoms with Gasteiger partial charge in [-0.15, -0.1) is 0 Å². The van der Waals surface area contributed by atoms with Crippen LogP contribution in [0.3, 0.4) is 0 Å². The van der Waals surface area contributed by atoms with Crippen molar-refractivity contribution in [2.75, 3.05) is 32.9 Å². The van der Waals surface area contributed by atoms with Gasteiger partial charge in [0.1, 0.15) is 0 Å². The molecule has 0 radical (unpaired) electrons. The molecule has 8 heteroatoms. The summed E-state index contributed by atoms with van der Waals surface area (Å²) in [6.07, 6.45) is 0. The van der Waals surface area contributed by atoms with E-state index < -0.39 is 0 Å². The van der Waals surface area contributed by atoms with Gasteiger partial charge in [-0.25, -0.2) is 0 Å². The zero-order valence-corrected chi connectivity index (χ0v) is 29.1. The van der Waals surface area contributed by atoms with Crippen molar-refractivity contribution < 1.29 is 0 Å². The molecule has 4 aliphatic rings. The Hall–Kier alpha value is -1.000. The molecule has 0 fully saturated rings. The topological polar surface area (TPSA) is 13.0 Å². The van der Waals surface area contributed by atoms with Gasteiger partial charge in [0.25, 0.3) is 0 Å². The maximum Gasteiger partial charge on any atom is 0.0910 e. The Labute approximate surface area is 278 Å². The smallest absolute Gasteiger partial charge is 0.0910 e. The molecule has 0 atom stereocenters. The van der Waals surface area contributed by atoms with Crippen molar-refractivity contribution in [3.63, 3.8) is 0 Å². The summed E-state index contributed by atoms with van der Waals surface area (Å²) in [7, 11) is 0. The van der Waals surface area contributed by atoms with E-state index in [1.165, 1.54) is 59.3 Å². The summed E-state index contributed by atoms with van der Waals surface area (Å²) in [6, 6.07) is 27.2. The summed E-state index contributed by atoms with van der Waals surface area (Å²) in [5, 5.41) is 0. The summed E-state index contributed by atoms with van der Waals surface area (Å²) in [6.45, 7) is 6.13. The van der Waals surface area contributed by atoms with Crippen LogP contribution in [0.5, 0.6) is 0 Å². The third-order valence-electron chi connectivity index (χ3n) is 7.66. The average Bonchev–Trinajstić information content (AvgIpc) is 2.88. The fourth-order valence-electron chi connectivity index (χ4n) is 6.04. The number of rotatable bonds is 0. The third kappa shape index (κ3) is 4.89. The number of nitrogens with zero attached hydrogens (tertiary/aromatic N) is 4. The predicted octanol–water partition coefficient (Wildman–Crippen LogP) is 8.39. The zero-order chi connectivity index (χ0) is 26.0. The molecule has 4 bridgehead atoms. The molecule has 0 amide bonds. The molecule has 0 aromatic heterocycles. The number of anilines is 4. The standard InChI is InChI=1S/2C15H12I2N2/c2*16-12-1-3-14-10(5-12)7-19-9-18(14)8-11-6-13(17)2-4-15(11)19/h2*1-6H,7-9H2. The molecule has 4 aromatic carbocycles. The number of fused-ring (bicyclic) bond motifs is 12. The summed E-state index contributed by atoms with van der Waals surface area (Å²) in [5.41, 5.74) is 11.4. The van der Waals surface area contributed by atoms with Crippen LogP contribution in [0, 0.1) is 14.3 Å². The van der Waals surface area contributed by atoms with Crippen molar-refractivity contribution in [1.29, 1.82) is 0 Å². The highest BCUT2D eigenvalue weighted by atomic mass is 127. The van der Waals surface area contributed by atoms with Gasteiger partial charge in [-0.3, -0.25) is 0 Å². The van der Waals surface area contributed by atoms with Crippen molar-refractivity contribution in [2.24, 2.45) is 0 Å². The van der Waals surface area contributed by atoms with E-state index in [0.717, 1.165) is 39.5 Å². The van der Waals surface area contributed by atoms with Crippen molar-refractivity contribution in [2.45, 2.75) is 26.2 Å². The highest BCUT2D eigenvalue weighted by molar-refractivity contribution is 14.1. The third-order valence-corrected chi connectivity index (χ3v) is 10.3. The van der Waals surface area contributed by atoms with Gasteiger partial charge >= 0.3 is 0 Å². The molecule has 0 N–H and O–H groups in total. The molecule has 192 valence electrons. The number of hydrogen-bond acceptors (Lipinski definition) is 4. The van der Waals surface area contributed by atoms with Gasteiger partial charge < -0.3 is 19.6 Å². The van der Waals surface area contributed by atoms with Gasteiger partial charge in [-0.05, 0) is 185 Å². The molecule has 0 unspecified atom stereocenters. The Morgan fingerprint density at radius 1 is 0.368 bits per heavy atom. The van der Waals surface area contributed by atoms with E-state index in [1.807, 2.05) is 0 Å². The first-order chi connectivity index (χ1) is 18.4. The minimum atomic E-state index is 1.02. The van der Waals surface area contributed by atoms with Crippen LogP contribution in [0.2, 0.25) is 0 Å². The van der Waals surface area contributed by atoms with Crippen LogP contribution >= 0.6 is 90.4 Å². The van der Waals surface area contributed by atoms with Crippen molar-refractivity contribution in [3.05, 3.63) is 109 Å². The number of halogens is 4. The van der Waals surface area contributed by atoms with Crippen LogP contribution in [0.1, 0.15) is 22.3 Å². The van der Waals surface area contributed by atoms with E-state index >= 15 is 0 Å². The number of benzene rings is 4. The second kappa shape index (κ2) is 10.4. The second-order valence-electron chi connectivity index (χ2n) is 10.2. The fraction of sp³-hybridized carbons (Fsp3) is 0.200. The highest BCUT2D eigenvalue weighted by Gasteiger charge is 2.30. The molecule has 4 aliphatic heterocycles. The molecule has 8 rings (SSSR count). The van der Waals surface area contributed by atoms with Crippen molar-refractivity contribution in [3.8, 4) is 0 Å². The molecule has 38 heavy (non-hydrogen) atoms. The van der Waals surface area contributed by atoms with E-state index in [9.17, 15) is 0 Å². The lowest BCUT2D eigenvalue weighted by molar-refractivity contribution is 0.650. The predicted molar refractivity (Wildman–Crippen MR) is 191 cm³/mol. The molecule has 4 aromatic rings. The van der Waals surface area contributed by atoms with Crippen LogP contribution in [0.15, 0.2) is 72.8 Å². The largest absolute Gasteiger partial charge is 0.349 e. The lowest BCUT2D eigenvalue weighted by atomic mass is 10.0. The Balaban J connectivity index is 0.000000127. The first-order valence-corrected chi connectivity index (χ1v) is 16.9. The summed E-state index contributed by atoms with van der Waals surface area (Å²) in [5.74, 6) is 0. The van der Waals surface area contributed by atoms with Crippen molar-refractivity contribution >= 4 is 113 Å². The van der Waals surface area contributed by atoms with Crippen molar-refractivity contribution in [1.82, 2.24) is 0 Å². The first kappa shape index (κ1) is 25.9. The monoisotopic (exact) mass is 948 g/mol. The van der Waals surface area contributed by atoms with E-state index in [4.69, 9.17) is 0 Å². The molecule has 0 spiro atoms. The van der Waals surface area contributed by atoms with E-state index in [0.29, 0.717) is 0 Å². The maximum atomic E-state index is 2.48. The van der Waals surface area contributed by atoms with Crippen LogP contribution in [0.4, 0.5) is 22.7 Å². The Bertz CT molecular complexity index is 1340. The normalized spacial score (nSPS) is 16.1. The molecule has 4 heterocycles. The zero-order valence-electron chi connectivity index (χ0n) is 20.5. The van der Waals surface area contributed by atoms with Crippen LogP contribution < -0.4 is 19.6 Å². The second-order valence-corrected chi connectivity index (χ2v) is 15.1. The minimum Gasteiger partial charge on any atom is -0.349 e. The van der Waals surface area contributed by atoms with Gasteiger partial charge in [0, 0.05) is 63.2 Å². The molecular formula is C30H24I4N4. The van der Waals surface area contributed by atoms with Gasteiger partial charge in [-0.1, -0.05) is 0 Å². The van der Waals surface area contributed by atoms with Gasteiger partial charge in [0.05, 0.1) is 13.3 Å². The molecule has 0 saturated carbocycles. The van der Waals surface area contributed by atoms with E-state index in [2.05, 4.69) is 183 Å². The number of hydrogen-bond donors (Lipinski definition) is 0. The van der Waals surface area contributed by atoms with Crippen LogP contribution in [0.25, 0.3) is 0 Å². The highest BCUT2D eigenvalue weighted by Crippen LogP contribution is 2.40. The maximum absolute atomic E-state index is 2.48. The Morgan fingerprint density at radius 2 is 0.605 bits per heavy atom. The summed E-state index contributed by atoms with van der Waals surface area (Å²) >= 11 is 9.59. The van der Waals surface area contributed by atoms with Crippen LogP contribution in [-0.2, 0) is 26.2 Å². The molecule has 0 aliphatic carbocycles. The minimum absolute atomic E-state index is 1.02. The summed E-state index contributed by atoms with van der Waals surface area (Å²) in [4.78, 5) is 9.92.